The van der Waals surface area contributed by atoms with Gasteiger partial charge in [0.05, 0.1) is 0 Å². The molecule has 1 rings (SSSR count). The number of ether oxygens (including phenoxy) is 1. The maximum atomic E-state index is 6.06. The third-order valence-electron chi connectivity index (χ3n) is 2.37. The quantitative estimate of drug-likeness (QED) is 0.601. The molecule has 0 saturated carbocycles. The van der Waals surface area contributed by atoms with Crippen molar-refractivity contribution in [1.82, 2.24) is 0 Å². The normalized spacial score (nSPS) is 23.5. The Balaban J connectivity index is 2.13. The molecule has 0 N–H and O–H groups in total. The fourth-order valence-corrected chi connectivity index (χ4v) is 1.76. The standard InChI is InChI=1S/C9H17ClO/c1-2-9(10)7-8-3-5-11-6-4-8/h8-9H,2-7H2,1H3. The number of hydrogen-bond acceptors (Lipinski definition) is 1. The van der Waals surface area contributed by atoms with Crippen LogP contribution in [-0.2, 0) is 4.74 Å². The lowest BCUT2D eigenvalue weighted by Crippen LogP contribution is -2.18. The van der Waals surface area contributed by atoms with E-state index in [2.05, 4.69) is 6.92 Å². The van der Waals surface area contributed by atoms with Gasteiger partial charge in [0.2, 0.25) is 0 Å². The molecule has 1 heterocycles. The minimum absolute atomic E-state index is 0.387. The van der Waals surface area contributed by atoms with Crippen molar-refractivity contribution in [3.05, 3.63) is 0 Å². The molecule has 2 heteroatoms. The third-order valence-corrected chi connectivity index (χ3v) is 2.86. The van der Waals surface area contributed by atoms with Crippen molar-refractivity contribution < 1.29 is 4.74 Å². The van der Waals surface area contributed by atoms with Crippen LogP contribution < -0.4 is 0 Å². The Labute approximate surface area is 74.1 Å². The highest BCUT2D eigenvalue weighted by molar-refractivity contribution is 6.20. The Bertz CT molecular complexity index is 99.7. The number of halogens is 1. The first-order valence-corrected chi connectivity index (χ1v) is 4.98. The van der Waals surface area contributed by atoms with Crippen molar-refractivity contribution in [3.63, 3.8) is 0 Å². The van der Waals surface area contributed by atoms with Gasteiger partial charge in [-0.15, -0.1) is 11.6 Å². The Morgan fingerprint density at radius 1 is 1.45 bits per heavy atom. The summed E-state index contributed by atoms with van der Waals surface area (Å²) in [6, 6.07) is 0. The Kier molecular flexibility index (Phi) is 4.24. The van der Waals surface area contributed by atoms with Gasteiger partial charge < -0.3 is 4.74 Å². The molecule has 66 valence electrons. The lowest BCUT2D eigenvalue weighted by atomic mass is 9.94. The summed E-state index contributed by atoms with van der Waals surface area (Å²) in [6.07, 6.45) is 4.70. The highest BCUT2D eigenvalue weighted by Crippen LogP contribution is 2.23. The highest BCUT2D eigenvalue weighted by atomic mass is 35.5. The first-order chi connectivity index (χ1) is 5.33. The van der Waals surface area contributed by atoms with Crippen LogP contribution in [0.2, 0.25) is 0 Å². The van der Waals surface area contributed by atoms with Crippen molar-refractivity contribution in [2.75, 3.05) is 13.2 Å². The largest absolute Gasteiger partial charge is 0.381 e. The summed E-state index contributed by atoms with van der Waals surface area (Å²) >= 11 is 6.06. The second-order valence-corrected chi connectivity index (χ2v) is 3.91. The fraction of sp³-hybridized carbons (Fsp3) is 1.00. The van der Waals surface area contributed by atoms with Crippen molar-refractivity contribution in [1.29, 1.82) is 0 Å². The molecule has 0 aromatic heterocycles. The van der Waals surface area contributed by atoms with Gasteiger partial charge in [-0.3, -0.25) is 0 Å². The number of alkyl halides is 1. The topological polar surface area (TPSA) is 9.23 Å². The molecule has 0 aromatic carbocycles. The summed E-state index contributed by atoms with van der Waals surface area (Å²) in [5, 5.41) is 0.387. The zero-order valence-corrected chi connectivity index (χ0v) is 7.94. The molecule has 0 aliphatic carbocycles. The average molecular weight is 177 g/mol. The molecular formula is C9H17ClO. The van der Waals surface area contributed by atoms with Gasteiger partial charge in [-0.2, -0.15) is 0 Å². The first kappa shape index (κ1) is 9.34. The van der Waals surface area contributed by atoms with Crippen LogP contribution in [-0.4, -0.2) is 18.6 Å². The van der Waals surface area contributed by atoms with Crippen molar-refractivity contribution in [2.45, 2.75) is 38.0 Å². The van der Waals surface area contributed by atoms with E-state index in [1.54, 1.807) is 0 Å². The lowest BCUT2D eigenvalue weighted by molar-refractivity contribution is 0.0636. The van der Waals surface area contributed by atoms with Gasteiger partial charge in [0.25, 0.3) is 0 Å². The van der Waals surface area contributed by atoms with Crippen LogP contribution in [0.4, 0.5) is 0 Å². The molecule has 0 bridgehead atoms. The number of rotatable bonds is 3. The van der Waals surface area contributed by atoms with Gasteiger partial charge in [0, 0.05) is 18.6 Å². The van der Waals surface area contributed by atoms with E-state index in [-0.39, 0.29) is 0 Å². The van der Waals surface area contributed by atoms with Gasteiger partial charge in [0.15, 0.2) is 0 Å². The molecule has 0 aromatic rings. The summed E-state index contributed by atoms with van der Waals surface area (Å²) < 4.78 is 5.27. The van der Waals surface area contributed by atoms with Crippen LogP contribution in [0.3, 0.4) is 0 Å². The first-order valence-electron chi connectivity index (χ1n) is 4.54. The fourth-order valence-electron chi connectivity index (χ4n) is 1.51. The summed E-state index contributed by atoms with van der Waals surface area (Å²) in [6.45, 7) is 4.03. The Morgan fingerprint density at radius 3 is 2.64 bits per heavy atom. The van der Waals surface area contributed by atoms with E-state index in [1.165, 1.54) is 19.3 Å². The summed E-state index contributed by atoms with van der Waals surface area (Å²) in [4.78, 5) is 0. The summed E-state index contributed by atoms with van der Waals surface area (Å²) in [5.41, 5.74) is 0. The molecule has 0 spiro atoms. The Morgan fingerprint density at radius 2 is 2.09 bits per heavy atom. The monoisotopic (exact) mass is 176 g/mol. The molecule has 1 aliphatic heterocycles. The smallest absolute Gasteiger partial charge is 0.0468 e. The molecule has 1 fully saturated rings. The molecular weight excluding hydrogens is 160 g/mol. The van der Waals surface area contributed by atoms with Crippen LogP contribution >= 0.6 is 11.6 Å². The van der Waals surface area contributed by atoms with E-state index in [0.717, 1.165) is 25.6 Å². The van der Waals surface area contributed by atoms with Gasteiger partial charge in [-0.05, 0) is 31.6 Å². The second kappa shape index (κ2) is 5.00. The maximum absolute atomic E-state index is 6.06. The van der Waals surface area contributed by atoms with Gasteiger partial charge in [-0.25, -0.2) is 0 Å². The zero-order chi connectivity index (χ0) is 8.10. The lowest BCUT2D eigenvalue weighted by Gasteiger charge is -2.23. The zero-order valence-electron chi connectivity index (χ0n) is 7.18. The molecule has 0 radical (unpaired) electrons. The van der Waals surface area contributed by atoms with E-state index in [0.29, 0.717) is 5.38 Å². The molecule has 1 aliphatic rings. The van der Waals surface area contributed by atoms with Crippen molar-refractivity contribution in [2.24, 2.45) is 5.92 Å². The minimum atomic E-state index is 0.387. The van der Waals surface area contributed by atoms with Gasteiger partial charge in [0.1, 0.15) is 0 Å². The van der Waals surface area contributed by atoms with Crippen LogP contribution in [0.1, 0.15) is 32.6 Å². The van der Waals surface area contributed by atoms with E-state index in [4.69, 9.17) is 16.3 Å². The van der Waals surface area contributed by atoms with Gasteiger partial charge >= 0.3 is 0 Å². The SMILES string of the molecule is CCC(Cl)CC1CCOCC1. The molecule has 1 nitrogen and oxygen atoms in total. The predicted molar refractivity (Wildman–Crippen MR) is 48.1 cm³/mol. The third kappa shape index (κ3) is 3.44. The van der Waals surface area contributed by atoms with Crippen LogP contribution in [0.15, 0.2) is 0 Å². The molecule has 11 heavy (non-hydrogen) atoms. The van der Waals surface area contributed by atoms with Crippen molar-refractivity contribution in [3.8, 4) is 0 Å². The van der Waals surface area contributed by atoms with Crippen LogP contribution in [0, 0.1) is 5.92 Å². The second-order valence-electron chi connectivity index (χ2n) is 3.30. The predicted octanol–water partition coefficient (Wildman–Crippen LogP) is 2.82. The van der Waals surface area contributed by atoms with Gasteiger partial charge in [-0.1, -0.05) is 6.92 Å². The molecule has 0 amide bonds. The Hall–Kier alpha value is 0.250. The molecule has 1 atom stereocenters. The van der Waals surface area contributed by atoms with E-state index < -0.39 is 0 Å². The van der Waals surface area contributed by atoms with Crippen molar-refractivity contribution >= 4 is 11.6 Å². The highest BCUT2D eigenvalue weighted by Gasteiger charge is 2.16. The number of hydrogen-bond donors (Lipinski definition) is 0. The minimum Gasteiger partial charge on any atom is -0.381 e. The van der Waals surface area contributed by atoms with Crippen LogP contribution in [0.25, 0.3) is 0 Å². The van der Waals surface area contributed by atoms with E-state index >= 15 is 0 Å². The van der Waals surface area contributed by atoms with E-state index in [9.17, 15) is 0 Å². The van der Waals surface area contributed by atoms with Crippen LogP contribution in [0.5, 0.6) is 0 Å². The van der Waals surface area contributed by atoms with E-state index in [1.807, 2.05) is 0 Å². The average Bonchev–Trinajstić information content (AvgIpc) is 2.06. The molecule has 1 saturated heterocycles. The molecule has 1 unspecified atom stereocenters. The maximum Gasteiger partial charge on any atom is 0.0468 e. The summed E-state index contributed by atoms with van der Waals surface area (Å²) in [7, 11) is 0. The summed E-state index contributed by atoms with van der Waals surface area (Å²) in [5.74, 6) is 0.825.